The maximum Gasteiger partial charge on any atom is 0.226 e. The van der Waals surface area contributed by atoms with Gasteiger partial charge in [0.05, 0.1) is 0 Å². The third-order valence-electron chi connectivity index (χ3n) is 3.65. The van der Waals surface area contributed by atoms with Crippen molar-refractivity contribution < 1.29 is 4.79 Å². The second-order valence-electron chi connectivity index (χ2n) is 5.63. The van der Waals surface area contributed by atoms with Crippen LogP contribution in [-0.4, -0.2) is 25.5 Å². The first-order valence-corrected chi connectivity index (χ1v) is 6.46. The quantitative estimate of drug-likeness (QED) is 0.772. The van der Waals surface area contributed by atoms with Gasteiger partial charge in [0, 0.05) is 18.0 Å². The SMILES string of the molecule is CNC(C)CNC(=O)C1(CC(C)C)CCC1.Cl. The summed E-state index contributed by atoms with van der Waals surface area (Å²) < 4.78 is 0. The topological polar surface area (TPSA) is 41.1 Å². The number of hydrogen-bond acceptors (Lipinski definition) is 2. The maximum absolute atomic E-state index is 12.2. The minimum atomic E-state index is -0.0401. The first-order valence-electron chi connectivity index (χ1n) is 6.46. The molecule has 0 aromatic carbocycles. The van der Waals surface area contributed by atoms with E-state index in [0.717, 1.165) is 25.8 Å². The Bertz CT molecular complexity index is 240. The van der Waals surface area contributed by atoms with Gasteiger partial charge >= 0.3 is 0 Å². The van der Waals surface area contributed by atoms with Crippen LogP contribution in [0, 0.1) is 11.3 Å². The second-order valence-corrected chi connectivity index (χ2v) is 5.63. The number of likely N-dealkylation sites (N-methyl/N-ethyl adjacent to an activating group) is 1. The van der Waals surface area contributed by atoms with E-state index in [9.17, 15) is 4.79 Å². The molecule has 3 nitrogen and oxygen atoms in total. The zero-order valence-electron chi connectivity index (χ0n) is 11.5. The molecule has 1 aliphatic rings. The minimum absolute atomic E-state index is 0. The summed E-state index contributed by atoms with van der Waals surface area (Å²) in [6.45, 7) is 7.21. The molecule has 4 heteroatoms. The van der Waals surface area contributed by atoms with Crippen LogP contribution in [-0.2, 0) is 4.79 Å². The molecule has 1 saturated carbocycles. The van der Waals surface area contributed by atoms with Crippen LogP contribution in [0.3, 0.4) is 0 Å². The first-order chi connectivity index (χ1) is 7.50. The molecule has 1 rings (SSSR count). The van der Waals surface area contributed by atoms with Crippen LogP contribution in [0.4, 0.5) is 0 Å². The molecule has 1 unspecified atom stereocenters. The van der Waals surface area contributed by atoms with Crippen LogP contribution >= 0.6 is 12.4 Å². The lowest BCUT2D eigenvalue weighted by Gasteiger charge is -2.41. The van der Waals surface area contributed by atoms with Crippen LogP contribution in [0.2, 0.25) is 0 Å². The van der Waals surface area contributed by atoms with Crippen LogP contribution < -0.4 is 10.6 Å². The normalized spacial score (nSPS) is 19.1. The summed E-state index contributed by atoms with van der Waals surface area (Å²) in [7, 11) is 1.92. The van der Waals surface area contributed by atoms with Crippen LogP contribution in [0.5, 0.6) is 0 Å². The van der Waals surface area contributed by atoms with E-state index in [1.807, 2.05) is 7.05 Å². The van der Waals surface area contributed by atoms with Crippen LogP contribution in [0.15, 0.2) is 0 Å². The number of carbonyl (C=O) groups is 1. The number of hydrogen-bond donors (Lipinski definition) is 2. The molecule has 1 amide bonds. The summed E-state index contributed by atoms with van der Waals surface area (Å²) in [5.41, 5.74) is -0.0401. The molecular formula is C13H27ClN2O. The smallest absolute Gasteiger partial charge is 0.226 e. The standard InChI is InChI=1S/C13H26N2O.ClH/c1-10(2)8-13(6-5-7-13)12(16)15-9-11(3)14-4;/h10-11,14H,5-9H2,1-4H3,(H,15,16);1H. The fourth-order valence-corrected chi connectivity index (χ4v) is 2.44. The number of carbonyl (C=O) groups excluding carboxylic acids is 1. The van der Waals surface area contributed by atoms with Gasteiger partial charge in [0.25, 0.3) is 0 Å². The first kappa shape index (κ1) is 16.7. The molecule has 1 atom stereocenters. The van der Waals surface area contributed by atoms with Gasteiger partial charge in [0.2, 0.25) is 5.91 Å². The van der Waals surface area contributed by atoms with Crippen LogP contribution in [0.25, 0.3) is 0 Å². The van der Waals surface area contributed by atoms with E-state index in [1.54, 1.807) is 0 Å². The number of amides is 1. The number of halogens is 1. The monoisotopic (exact) mass is 262 g/mol. The highest BCUT2D eigenvalue weighted by Gasteiger charge is 2.43. The molecular weight excluding hydrogens is 236 g/mol. The highest BCUT2D eigenvalue weighted by Crippen LogP contribution is 2.46. The Morgan fingerprint density at radius 3 is 2.24 bits per heavy atom. The van der Waals surface area contributed by atoms with Gasteiger partial charge in [0.15, 0.2) is 0 Å². The van der Waals surface area contributed by atoms with E-state index >= 15 is 0 Å². The van der Waals surface area contributed by atoms with Crippen molar-refractivity contribution in [2.24, 2.45) is 11.3 Å². The van der Waals surface area contributed by atoms with Gasteiger partial charge in [-0.3, -0.25) is 4.79 Å². The molecule has 102 valence electrons. The van der Waals surface area contributed by atoms with Crippen molar-refractivity contribution in [1.29, 1.82) is 0 Å². The fraction of sp³-hybridized carbons (Fsp3) is 0.923. The molecule has 0 bridgehead atoms. The minimum Gasteiger partial charge on any atom is -0.354 e. The summed E-state index contributed by atoms with van der Waals surface area (Å²) >= 11 is 0. The van der Waals surface area contributed by atoms with Gasteiger partial charge in [-0.2, -0.15) is 0 Å². The average molecular weight is 263 g/mol. The zero-order valence-corrected chi connectivity index (χ0v) is 12.3. The second kappa shape index (κ2) is 7.22. The van der Waals surface area contributed by atoms with E-state index in [0.29, 0.717) is 12.0 Å². The fourth-order valence-electron chi connectivity index (χ4n) is 2.44. The molecule has 0 spiro atoms. The highest BCUT2D eigenvalue weighted by molar-refractivity contribution is 5.85. The van der Waals surface area contributed by atoms with Crippen molar-refractivity contribution in [1.82, 2.24) is 10.6 Å². The van der Waals surface area contributed by atoms with Crippen molar-refractivity contribution in [3.63, 3.8) is 0 Å². The number of nitrogens with one attached hydrogen (secondary N) is 2. The van der Waals surface area contributed by atoms with E-state index in [1.165, 1.54) is 6.42 Å². The molecule has 0 heterocycles. The Balaban J connectivity index is 0.00000256. The molecule has 1 fully saturated rings. The van der Waals surface area contributed by atoms with Crippen LogP contribution in [0.1, 0.15) is 46.5 Å². The molecule has 0 aromatic rings. The molecule has 2 N–H and O–H groups in total. The zero-order chi connectivity index (χ0) is 12.2. The Morgan fingerprint density at radius 2 is 1.88 bits per heavy atom. The molecule has 0 saturated heterocycles. The van der Waals surface area contributed by atoms with Crippen molar-refractivity contribution in [3.8, 4) is 0 Å². The van der Waals surface area contributed by atoms with Crippen molar-refractivity contribution in [2.45, 2.75) is 52.5 Å². The Hall–Kier alpha value is -0.280. The summed E-state index contributed by atoms with van der Waals surface area (Å²) in [4.78, 5) is 12.2. The lowest BCUT2D eigenvalue weighted by molar-refractivity contribution is -0.137. The van der Waals surface area contributed by atoms with Gasteiger partial charge < -0.3 is 10.6 Å². The van der Waals surface area contributed by atoms with Gasteiger partial charge in [-0.05, 0) is 39.2 Å². The summed E-state index contributed by atoms with van der Waals surface area (Å²) in [5, 5.41) is 6.21. The molecule has 17 heavy (non-hydrogen) atoms. The van der Waals surface area contributed by atoms with E-state index in [2.05, 4.69) is 31.4 Å². The largest absolute Gasteiger partial charge is 0.354 e. The average Bonchev–Trinajstić information content (AvgIpc) is 2.19. The van der Waals surface area contributed by atoms with Gasteiger partial charge in [-0.1, -0.05) is 20.3 Å². The van der Waals surface area contributed by atoms with Gasteiger partial charge in [-0.25, -0.2) is 0 Å². The molecule has 1 aliphatic carbocycles. The number of rotatable bonds is 6. The summed E-state index contributed by atoms with van der Waals surface area (Å²) in [6, 6.07) is 0.347. The van der Waals surface area contributed by atoms with E-state index in [4.69, 9.17) is 0 Å². The van der Waals surface area contributed by atoms with Crippen molar-refractivity contribution in [2.75, 3.05) is 13.6 Å². The molecule has 0 aromatic heterocycles. The van der Waals surface area contributed by atoms with E-state index in [-0.39, 0.29) is 23.7 Å². The lowest BCUT2D eigenvalue weighted by atomic mass is 9.64. The summed E-state index contributed by atoms with van der Waals surface area (Å²) in [6.07, 6.45) is 4.39. The Morgan fingerprint density at radius 1 is 1.29 bits per heavy atom. The third-order valence-corrected chi connectivity index (χ3v) is 3.65. The summed E-state index contributed by atoms with van der Waals surface area (Å²) in [5.74, 6) is 0.877. The molecule has 0 aliphatic heterocycles. The molecule has 0 radical (unpaired) electrons. The predicted molar refractivity (Wildman–Crippen MR) is 74.5 cm³/mol. The third kappa shape index (κ3) is 4.47. The van der Waals surface area contributed by atoms with Gasteiger partial charge in [0.1, 0.15) is 0 Å². The van der Waals surface area contributed by atoms with Crippen molar-refractivity contribution in [3.05, 3.63) is 0 Å². The predicted octanol–water partition coefficient (Wildman–Crippen LogP) is 2.35. The highest BCUT2D eigenvalue weighted by atomic mass is 35.5. The van der Waals surface area contributed by atoms with Crippen molar-refractivity contribution >= 4 is 18.3 Å². The Kier molecular flexibility index (Phi) is 7.10. The van der Waals surface area contributed by atoms with Gasteiger partial charge in [-0.15, -0.1) is 12.4 Å². The lowest BCUT2D eigenvalue weighted by Crippen LogP contribution is -2.49. The Labute approximate surface area is 112 Å². The van der Waals surface area contributed by atoms with E-state index < -0.39 is 0 Å². The maximum atomic E-state index is 12.2.